The van der Waals surface area contributed by atoms with Crippen LogP contribution in [0.4, 0.5) is 0 Å². The molecule has 4 atom stereocenters. The van der Waals surface area contributed by atoms with Gasteiger partial charge in [0, 0.05) is 38.0 Å². The molecule has 280 valence electrons. The van der Waals surface area contributed by atoms with Gasteiger partial charge in [-0.15, -0.1) is 0 Å². The lowest BCUT2D eigenvalue weighted by Crippen LogP contribution is -2.48. The Morgan fingerprint density at radius 3 is 1.31 bits per heavy atom. The number of hydrogen-bond acceptors (Lipinski definition) is 2. The Labute approximate surface area is 300 Å². The molecule has 0 aromatic rings. The molecule has 1 fully saturated rings. The summed E-state index contributed by atoms with van der Waals surface area (Å²) >= 11 is 0. The van der Waals surface area contributed by atoms with Gasteiger partial charge in [0.15, 0.2) is 0 Å². The Morgan fingerprint density at radius 1 is 0.583 bits per heavy atom. The van der Waals surface area contributed by atoms with Gasteiger partial charge in [0.2, 0.25) is 11.8 Å². The van der Waals surface area contributed by atoms with Crippen molar-refractivity contribution in [3.63, 3.8) is 0 Å². The molecule has 0 N–H and O–H groups in total. The zero-order valence-corrected chi connectivity index (χ0v) is 33.0. The van der Waals surface area contributed by atoms with Crippen LogP contribution in [0.2, 0.25) is 0 Å². The minimum atomic E-state index is -0.222. The minimum Gasteiger partial charge on any atom is -0.343 e. The lowest BCUT2D eigenvalue weighted by Gasteiger charge is -2.40. The average molecular weight is 671 g/mol. The van der Waals surface area contributed by atoms with E-state index in [1.807, 2.05) is 0 Å². The lowest BCUT2D eigenvalue weighted by atomic mass is 9.67. The number of rotatable bonds is 32. The van der Waals surface area contributed by atoms with Crippen molar-refractivity contribution in [1.82, 2.24) is 9.80 Å². The normalized spacial score (nSPS) is 20.4. The summed E-state index contributed by atoms with van der Waals surface area (Å²) in [6, 6.07) is 0. The van der Waals surface area contributed by atoms with E-state index in [0.29, 0.717) is 24.2 Å². The second-order valence-electron chi connectivity index (χ2n) is 16.1. The van der Waals surface area contributed by atoms with Crippen LogP contribution in [0.15, 0.2) is 12.2 Å². The number of allylic oxidation sites excluding steroid dienone is 2. The summed E-state index contributed by atoms with van der Waals surface area (Å²) < 4.78 is 0. The molecular formula is C44H82N2O2. The van der Waals surface area contributed by atoms with Gasteiger partial charge in [-0.1, -0.05) is 175 Å². The van der Waals surface area contributed by atoms with Crippen LogP contribution in [0, 0.1) is 23.2 Å². The van der Waals surface area contributed by atoms with E-state index in [-0.39, 0.29) is 17.2 Å². The highest BCUT2D eigenvalue weighted by Crippen LogP contribution is 2.58. The molecule has 0 heterocycles. The first kappa shape index (κ1) is 42.8. The Bertz CT molecular complexity index is 823. The number of nitrogens with zero attached hydrogens (tertiary/aromatic N) is 2. The van der Waals surface area contributed by atoms with Gasteiger partial charge in [0.25, 0.3) is 0 Å². The van der Waals surface area contributed by atoms with Crippen LogP contribution >= 0.6 is 0 Å². The van der Waals surface area contributed by atoms with E-state index in [0.717, 1.165) is 58.3 Å². The quantitative estimate of drug-likeness (QED) is 0.0528. The highest BCUT2D eigenvalue weighted by atomic mass is 16.2. The van der Waals surface area contributed by atoms with Crippen molar-refractivity contribution in [2.24, 2.45) is 23.2 Å². The summed E-state index contributed by atoms with van der Waals surface area (Å²) in [4.78, 5) is 33.7. The zero-order chi connectivity index (χ0) is 34.9. The number of carbonyl (C=O) groups excluding carboxylic acids is 2. The summed E-state index contributed by atoms with van der Waals surface area (Å²) in [5.74, 6) is 1.37. The van der Waals surface area contributed by atoms with Crippen molar-refractivity contribution in [3.8, 4) is 0 Å². The largest absolute Gasteiger partial charge is 0.343 e. The number of unbranched alkanes of at least 4 members (excludes halogenated alkanes) is 20. The minimum absolute atomic E-state index is 0.149. The first-order chi connectivity index (χ1) is 23.4. The fourth-order valence-corrected chi connectivity index (χ4v) is 8.76. The van der Waals surface area contributed by atoms with Gasteiger partial charge < -0.3 is 9.80 Å². The van der Waals surface area contributed by atoms with E-state index in [1.165, 1.54) is 135 Å². The molecular weight excluding hydrogens is 588 g/mol. The average Bonchev–Trinajstić information content (AvgIpc) is 3.65. The molecule has 2 amide bonds. The summed E-state index contributed by atoms with van der Waals surface area (Å²) in [7, 11) is 0. The molecule has 48 heavy (non-hydrogen) atoms. The molecule has 4 nitrogen and oxygen atoms in total. The summed E-state index contributed by atoms with van der Waals surface area (Å²) in [5, 5.41) is 0. The van der Waals surface area contributed by atoms with Crippen molar-refractivity contribution in [2.45, 2.75) is 208 Å². The van der Waals surface area contributed by atoms with Gasteiger partial charge >= 0.3 is 0 Å². The topological polar surface area (TPSA) is 40.6 Å². The van der Waals surface area contributed by atoms with Gasteiger partial charge in [-0.3, -0.25) is 9.59 Å². The predicted molar refractivity (Wildman–Crippen MR) is 208 cm³/mol. The Hall–Kier alpha value is -1.32. The number of carbonyl (C=O) groups is 2. The first-order valence-corrected chi connectivity index (χ1v) is 21.7. The van der Waals surface area contributed by atoms with Crippen molar-refractivity contribution >= 4 is 11.8 Å². The molecule has 2 bridgehead atoms. The second kappa shape index (κ2) is 26.5. The SMILES string of the molecule is CCCCCCCCN(CCCCCCCC)C(=O)CC(C(=O)N(CCCCCCCC)CCCCCCCC)C12C=CC(CC1C)C2. The predicted octanol–water partition coefficient (Wildman–Crippen LogP) is 12.7. The molecule has 1 saturated carbocycles. The van der Waals surface area contributed by atoms with Gasteiger partial charge in [-0.2, -0.15) is 0 Å². The Morgan fingerprint density at radius 2 is 0.958 bits per heavy atom. The lowest BCUT2D eigenvalue weighted by molar-refractivity contribution is -0.146. The molecule has 4 heteroatoms. The molecule has 4 unspecified atom stereocenters. The van der Waals surface area contributed by atoms with E-state index in [4.69, 9.17) is 0 Å². The summed E-state index contributed by atoms with van der Waals surface area (Å²) in [6.45, 7) is 14.9. The van der Waals surface area contributed by atoms with E-state index >= 15 is 0 Å². The highest BCUT2D eigenvalue weighted by Gasteiger charge is 2.54. The van der Waals surface area contributed by atoms with Crippen LogP contribution in [0.5, 0.6) is 0 Å². The van der Waals surface area contributed by atoms with Gasteiger partial charge in [0.1, 0.15) is 0 Å². The Balaban J connectivity index is 2.19. The number of fused-ring (bicyclic) bond motifs is 2. The van der Waals surface area contributed by atoms with E-state index < -0.39 is 0 Å². The first-order valence-electron chi connectivity index (χ1n) is 21.7. The van der Waals surface area contributed by atoms with Crippen molar-refractivity contribution in [2.75, 3.05) is 26.2 Å². The Kier molecular flexibility index (Phi) is 23.6. The van der Waals surface area contributed by atoms with Crippen molar-refractivity contribution < 1.29 is 9.59 Å². The van der Waals surface area contributed by atoms with Gasteiger partial charge in [-0.25, -0.2) is 0 Å². The third-order valence-electron chi connectivity index (χ3n) is 12.0. The van der Waals surface area contributed by atoms with Gasteiger partial charge in [0.05, 0.1) is 5.92 Å². The maximum Gasteiger partial charge on any atom is 0.227 e. The number of amides is 2. The third kappa shape index (κ3) is 15.7. The molecule has 0 saturated heterocycles. The fraction of sp³-hybridized carbons (Fsp3) is 0.909. The molecule has 0 spiro atoms. The monoisotopic (exact) mass is 671 g/mol. The van der Waals surface area contributed by atoms with Crippen LogP contribution in [-0.4, -0.2) is 47.8 Å². The zero-order valence-electron chi connectivity index (χ0n) is 33.0. The molecule has 2 aliphatic rings. The van der Waals surface area contributed by atoms with Crippen LogP contribution < -0.4 is 0 Å². The fourth-order valence-electron chi connectivity index (χ4n) is 8.76. The number of hydrogen-bond donors (Lipinski definition) is 0. The van der Waals surface area contributed by atoms with Crippen LogP contribution in [0.1, 0.15) is 208 Å². The maximum atomic E-state index is 14.9. The molecule has 0 aromatic heterocycles. The van der Waals surface area contributed by atoms with Crippen LogP contribution in [0.3, 0.4) is 0 Å². The van der Waals surface area contributed by atoms with E-state index in [1.54, 1.807) is 0 Å². The summed E-state index contributed by atoms with van der Waals surface area (Å²) in [5.41, 5.74) is -0.149. The third-order valence-corrected chi connectivity index (χ3v) is 12.0. The molecule has 0 radical (unpaired) electrons. The van der Waals surface area contributed by atoms with Crippen molar-refractivity contribution in [3.05, 3.63) is 12.2 Å². The second-order valence-corrected chi connectivity index (χ2v) is 16.1. The molecule has 2 rings (SSSR count). The van der Waals surface area contributed by atoms with Crippen LogP contribution in [0.25, 0.3) is 0 Å². The highest BCUT2D eigenvalue weighted by molar-refractivity contribution is 5.87. The standard InChI is InChI=1S/C44H82N2O2/c1-6-10-14-18-22-26-32-45(33-27-23-19-15-11-7-2)42(47)37-41(44-31-30-40(38-44)36-39(44)5)43(48)46(34-28-24-20-16-12-8-3)35-29-25-21-17-13-9-4/h30-31,39-41H,6-29,32-38H2,1-5H3. The van der Waals surface area contributed by atoms with Gasteiger partial charge in [-0.05, 0) is 50.4 Å². The molecule has 2 aliphatic carbocycles. The molecule has 0 aromatic carbocycles. The smallest absolute Gasteiger partial charge is 0.227 e. The molecule has 0 aliphatic heterocycles. The van der Waals surface area contributed by atoms with E-state index in [2.05, 4.69) is 56.6 Å². The maximum absolute atomic E-state index is 14.9. The van der Waals surface area contributed by atoms with Crippen molar-refractivity contribution in [1.29, 1.82) is 0 Å². The summed E-state index contributed by atoms with van der Waals surface area (Å²) in [6.07, 6.45) is 37.2. The van der Waals surface area contributed by atoms with Crippen LogP contribution in [-0.2, 0) is 9.59 Å². The van der Waals surface area contributed by atoms with E-state index in [9.17, 15) is 9.59 Å².